The molecule has 2 aromatic carbocycles. The van der Waals surface area contributed by atoms with E-state index in [1.165, 1.54) is 5.56 Å². The van der Waals surface area contributed by atoms with Gasteiger partial charge in [-0.15, -0.1) is 12.4 Å². The second kappa shape index (κ2) is 11.9. The zero-order chi connectivity index (χ0) is 24.2. The molecule has 2 aromatic rings. The first-order valence-corrected chi connectivity index (χ1v) is 12.8. The molecule has 3 aliphatic heterocycles. The molecule has 2 N–H and O–H groups in total. The number of para-hydroxylation sites is 1. The first kappa shape index (κ1) is 26.2. The molecule has 3 saturated heterocycles. The fourth-order valence-corrected chi connectivity index (χ4v) is 5.35. The van der Waals surface area contributed by atoms with Crippen LogP contribution < -0.4 is 15.5 Å². The minimum atomic E-state index is -0.357. The van der Waals surface area contributed by atoms with Crippen molar-refractivity contribution in [3.05, 3.63) is 70.1 Å². The van der Waals surface area contributed by atoms with E-state index in [1.807, 2.05) is 41.3 Å². The fourth-order valence-electron chi connectivity index (χ4n) is 4.67. The van der Waals surface area contributed by atoms with Crippen LogP contribution in [-0.2, 0) is 11.3 Å². The van der Waals surface area contributed by atoms with Gasteiger partial charge in [0.15, 0.2) is 0 Å². The number of benzene rings is 2. The van der Waals surface area contributed by atoms with Crippen LogP contribution in [0.15, 0.2) is 53.4 Å². The van der Waals surface area contributed by atoms with Crippen molar-refractivity contribution in [3.63, 3.8) is 0 Å². The van der Waals surface area contributed by atoms with E-state index in [4.69, 9.17) is 0 Å². The quantitative estimate of drug-likeness (QED) is 0.578. The Morgan fingerprint density at radius 2 is 1.61 bits per heavy atom. The molecule has 3 fully saturated rings. The van der Waals surface area contributed by atoms with Crippen molar-refractivity contribution in [3.8, 4) is 0 Å². The lowest BCUT2D eigenvalue weighted by atomic mass is 10.1. The summed E-state index contributed by atoms with van der Waals surface area (Å²) in [5.74, 6) is -0.296. The van der Waals surface area contributed by atoms with Crippen molar-refractivity contribution in [2.75, 3.05) is 57.3 Å². The number of nitrogens with zero attached hydrogens (tertiary/aromatic N) is 3. The van der Waals surface area contributed by atoms with Crippen LogP contribution in [-0.4, -0.2) is 79.2 Å². The number of rotatable bonds is 5. The van der Waals surface area contributed by atoms with Gasteiger partial charge in [0, 0.05) is 70.2 Å². The predicted octanol–water partition coefficient (Wildman–Crippen LogP) is 2.80. The van der Waals surface area contributed by atoms with Crippen LogP contribution in [0.2, 0.25) is 0 Å². The smallest absolute Gasteiger partial charge is 0.290 e. The summed E-state index contributed by atoms with van der Waals surface area (Å²) in [4.78, 5) is 43.5. The summed E-state index contributed by atoms with van der Waals surface area (Å²) in [5, 5.41) is 5.32. The third kappa shape index (κ3) is 6.10. The van der Waals surface area contributed by atoms with Crippen LogP contribution in [0.25, 0.3) is 6.08 Å². The molecule has 5 rings (SSSR count). The molecule has 10 heteroatoms. The minimum Gasteiger partial charge on any atom is -0.367 e. The van der Waals surface area contributed by atoms with Gasteiger partial charge in [-0.25, -0.2) is 0 Å². The van der Waals surface area contributed by atoms with Gasteiger partial charge in [-0.2, -0.15) is 0 Å². The van der Waals surface area contributed by atoms with Crippen LogP contribution in [0.3, 0.4) is 0 Å². The van der Waals surface area contributed by atoms with Crippen LogP contribution in [0, 0.1) is 0 Å². The Bertz CT molecular complexity index is 1140. The van der Waals surface area contributed by atoms with Crippen molar-refractivity contribution in [2.24, 2.45) is 0 Å². The summed E-state index contributed by atoms with van der Waals surface area (Å²) in [7, 11) is 0. The van der Waals surface area contributed by atoms with Gasteiger partial charge in [-0.3, -0.25) is 24.6 Å². The van der Waals surface area contributed by atoms with Crippen LogP contribution >= 0.6 is 24.2 Å². The van der Waals surface area contributed by atoms with Gasteiger partial charge in [0.2, 0.25) is 0 Å². The van der Waals surface area contributed by atoms with Gasteiger partial charge < -0.3 is 15.1 Å². The SMILES string of the molecule is Cl.O=C1NC(=O)/C(=C\c2ccccc2N2CCN(C(=O)c3ccc(CN4CCNCC4)cc3)CC2)S1. The maximum absolute atomic E-state index is 13.1. The highest BCUT2D eigenvalue weighted by Crippen LogP contribution is 2.30. The molecule has 8 nitrogen and oxygen atoms in total. The van der Waals surface area contributed by atoms with E-state index in [0.717, 1.165) is 61.3 Å². The van der Waals surface area contributed by atoms with E-state index < -0.39 is 0 Å². The van der Waals surface area contributed by atoms with E-state index in [1.54, 1.807) is 6.08 Å². The molecule has 3 aliphatic rings. The first-order chi connectivity index (χ1) is 17.1. The Labute approximate surface area is 221 Å². The molecule has 36 heavy (non-hydrogen) atoms. The number of halogens is 1. The second-order valence-corrected chi connectivity index (χ2v) is 9.93. The van der Waals surface area contributed by atoms with Crippen molar-refractivity contribution in [1.82, 2.24) is 20.4 Å². The Hall–Kier alpha value is -2.85. The lowest BCUT2D eigenvalue weighted by molar-refractivity contribution is -0.115. The molecule has 0 atom stereocenters. The number of thioether (sulfide) groups is 1. The normalized spacial score (nSPS) is 19.8. The molecular formula is C26H30ClN5O3S. The van der Waals surface area contributed by atoms with Gasteiger partial charge in [-0.1, -0.05) is 30.3 Å². The van der Waals surface area contributed by atoms with Gasteiger partial charge in [0.1, 0.15) is 0 Å². The van der Waals surface area contributed by atoms with Crippen molar-refractivity contribution in [2.45, 2.75) is 6.54 Å². The number of anilines is 1. The van der Waals surface area contributed by atoms with E-state index >= 15 is 0 Å². The standard InChI is InChI=1S/C26H29N5O3S.ClH/c32-24-23(35-26(34)28-24)17-21-3-1-2-4-22(21)30-13-15-31(16-14-30)25(33)20-7-5-19(6-8-20)18-29-11-9-27-10-12-29;/h1-8,17,27H,9-16,18H2,(H,28,32,34);1H/b23-17+;. The number of imide groups is 1. The zero-order valence-electron chi connectivity index (χ0n) is 19.9. The number of carbonyl (C=O) groups excluding carboxylic acids is 3. The molecule has 0 aromatic heterocycles. The Morgan fingerprint density at radius 1 is 0.917 bits per heavy atom. The third-order valence-electron chi connectivity index (χ3n) is 6.59. The molecule has 3 heterocycles. The second-order valence-electron chi connectivity index (χ2n) is 8.91. The van der Waals surface area contributed by atoms with Gasteiger partial charge in [-0.05, 0) is 47.2 Å². The van der Waals surface area contributed by atoms with Gasteiger partial charge in [0.25, 0.3) is 17.1 Å². The highest BCUT2D eigenvalue weighted by molar-refractivity contribution is 8.18. The van der Waals surface area contributed by atoms with Crippen LogP contribution in [0.1, 0.15) is 21.5 Å². The zero-order valence-corrected chi connectivity index (χ0v) is 21.6. The van der Waals surface area contributed by atoms with Crippen molar-refractivity contribution in [1.29, 1.82) is 0 Å². The number of nitrogens with one attached hydrogen (secondary N) is 2. The molecule has 3 amide bonds. The molecule has 0 radical (unpaired) electrons. The Balaban J connectivity index is 0.00000304. The number of piperazine rings is 2. The highest BCUT2D eigenvalue weighted by atomic mass is 35.5. The van der Waals surface area contributed by atoms with E-state index in [2.05, 4.69) is 32.6 Å². The predicted molar refractivity (Wildman–Crippen MR) is 146 cm³/mol. The average molecular weight is 528 g/mol. The van der Waals surface area contributed by atoms with Gasteiger partial charge in [0.05, 0.1) is 4.91 Å². The monoisotopic (exact) mass is 527 g/mol. The fraction of sp³-hybridized carbons (Fsp3) is 0.346. The molecule has 190 valence electrons. The van der Waals surface area contributed by atoms with E-state index in [9.17, 15) is 14.4 Å². The number of hydrogen-bond acceptors (Lipinski definition) is 7. The topological polar surface area (TPSA) is 85.0 Å². The minimum absolute atomic E-state index is 0. The summed E-state index contributed by atoms with van der Waals surface area (Å²) >= 11 is 0.921. The molecule has 0 saturated carbocycles. The average Bonchev–Trinajstić information content (AvgIpc) is 3.21. The highest BCUT2D eigenvalue weighted by Gasteiger charge is 2.27. The summed E-state index contributed by atoms with van der Waals surface area (Å²) in [6.45, 7) is 7.72. The molecule has 0 bridgehead atoms. The number of carbonyl (C=O) groups is 3. The largest absolute Gasteiger partial charge is 0.367 e. The summed E-state index contributed by atoms with van der Waals surface area (Å²) in [5.41, 5.74) is 3.84. The number of amides is 3. The van der Waals surface area contributed by atoms with Crippen LogP contribution in [0.4, 0.5) is 10.5 Å². The maximum atomic E-state index is 13.1. The van der Waals surface area contributed by atoms with Crippen molar-refractivity contribution < 1.29 is 14.4 Å². The number of hydrogen-bond donors (Lipinski definition) is 2. The van der Waals surface area contributed by atoms with E-state index in [0.29, 0.717) is 31.1 Å². The molecule has 0 spiro atoms. The summed E-state index contributed by atoms with van der Waals surface area (Å²) < 4.78 is 0. The Morgan fingerprint density at radius 3 is 2.28 bits per heavy atom. The maximum Gasteiger partial charge on any atom is 0.290 e. The first-order valence-electron chi connectivity index (χ1n) is 12.0. The van der Waals surface area contributed by atoms with Crippen LogP contribution in [0.5, 0.6) is 0 Å². The van der Waals surface area contributed by atoms with E-state index in [-0.39, 0.29) is 29.5 Å². The summed E-state index contributed by atoms with van der Waals surface area (Å²) in [6, 6.07) is 15.9. The molecule has 0 unspecified atom stereocenters. The molecule has 0 aliphatic carbocycles. The lowest BCUT2D eigenvalue weighted by Gasteiger charge is -2.37. The Kier molecular flexibility index (Phi) is 8.68. The molecular weight excluding hydrogens is 498 g/mol. The van der Waals surface area contributed by atoms with Crippen molar-refractivity contribution >= 4 is 53.0 Å². The third-order valence-corrected chi connectivity index (χ3v) is 7.40. The summed E-state index contributed by atoms with van der Waals surface area (Å²) in [6.07, 6.45) is 1.76. The lowest BCUT2D eigenvalue weighted by Crippen LogP contribution is -2.49. The van der Waals surface area contributed by atoms with Gasteiger partial charge >= 0.3 is 0 Å².